The van der Waals surface area contributed by atoms with Crippen LogP contribution in [0.2, 0.25) is 5.02 Å². The molecular formula is C18H19ClN2O4S. The van der Waals surface area contributed by atoms with E-state index in [1.54, 1.807) is 30.3 Å². The summed E-state index contributed by atoms with van der Waals surface area (Å²) in [6, 6.07) is 11.4. The number of amides is 1. The normalized spacial score (nSPS) is 13.9. The predicted molar refractivity (Wildman–Crippen MR) is 100 cm³/mol. The van der Waals surface area contributed by atoms with Crippen molar-refractivity contribution in [1.82, 2.24) is 5.32 Å². The molecule has 0 radical (unpaired) electrons. The van der Waals surface area contributed by atoms with E-state index in [4.69, 9.17) is 16.3 Å². The minimum absolute atomic E-state index is 0.0236. The van der Waals surface area contributed by atoms with E-state index in [9.17, 15) is 13.2 Å². The summed E-state index contributed by atoms with van der Waals surface area (Å²) in [6.07, 6.45) is 2.35. The van der Waals surface area contributed by atoms with Crippen LogP contribution in [0.15, 0.2) is 47.4 Å². The largest absolute Gasteiger partial charge is 0.495 e. The van der Waals surface area contributed by atoms with Gasteiger partial charge in [-0.25, -0.2) is 8.42 Å². The number of benzene rings is 2. The maximum atomic E-state index is 12.6. The van der Waals surface area contributed by atoms with Crippen molar-refractivity contribution in [2.75, 3.05) is 11.8 Å². The molecule has 8 heteroatoms. The Morgan fingerprint density at radius 2 is 1.88 bits per heavy atom. The van der Waals surface area contributed by atoms with E-state index in [1.807, 2.05) is 0 Å². The van der Waals surface area contributed by atoms with Gasteiger partial charge in [-0.1, -0.05) is 23.7 Å². The number of rotatable bonds is 7. The molecular weight excluding hydrogens is 376 g/mol. The lowest BCUT2D eigenvalue weighted by molar-refractivity contribution is -0.120. The molecule has 0 unspecified atom stereocenters. The first-order chi connectivity index (χ1) is 12.4. The van der Waals surface area contributed by atoms with Crippen LogP contribution in [-0.2, 0) is 21.2 Å². The number of anilines is 1. The fraction of sp³-hybridized carbons (Fsp3) is 0.278. The van der Waals surface area contributed by atoms with Crippen LogP contribution in [0, 0.1) is 0 Å². The molecule has 1 aliphatic carbocycles. The number of hydrogen-bond acceptors (Lipinski definition) is 4. The zero-order valence-electron chi connectivity index (χ0n) is 14.2. The number of hydrogen-bond donors (Lipinski definition) is 2. The second-order valence-corrected chi connectivity index (χ2v) is 8.20. The first kappa shape index (κ1) is 18.5. The van der Waals surface area contributed by atoms with E-state index in [-0.39, 0.29) is 23.0 Å². The van der Waals surface area contributed by atoms with E-state index >= 15 is 0 Å². The van der Waals surface area contributed by atoms with Crippen molar-refractivity contribution in [1.29, 1.82) is 0 Å². The molecule has 0 saturated heterocycles. The molecule has 1 aliphatic rings. The fourth-order valence-electron chi connectivity index (χ4n) is 2.45. The highest BCUT2D eigenvalue weighted by molar-refractivity contribution is 7.92. The molecule has 138 valence electrons. The fourth-order valence-corrected chi connectivity index (χ4v) is 3.94. The molecule has 0 bridgehead atoms. The zero-order valence-corrected chi connectivity index (χ0v) is 15.7. The molecule has 2 aromatic carbocycles. The molecule has 26 heavy (non-hydrogen) atoms. The lowest BCUT2D eigenvalue weighted by atomic mass is 10.1. The van der Waals surface area contributed by atoms with Gasteiger partial charge in [-0.15, -0.1) is 0 Å². The average molecular weight is 395 g/mol. The third kappa shape index (κ3) is 4.68. The Morgan fingerprint density at radius 3 is 2.50 bits per heavy atom. The second-order valence-electron chi connectivity index (χ2n) is 6.12. The van der Waals surface area contributed by atoms with Gasteiger partial charge in [0.1, 0.15) is 10.6 Å². The number of methoxy groups -OCH3 is 1. The third-order valence-corrected chi connectivity index (χ3v) is 5.57. The number of halogens is 1. The molecule has 0 spiro atoms. The summed E-state index contributed by atoms with van der Waals surface area (Å²) < 4.78 is 32.8. The molecule has 0 heterocycles. The molecule has 0 aromatic heterocycles. The third-order valence-electron chi connectivity index (χ3n) is 3.93. The number of ether oxygens (including phenoxy) is 1. The number of carbonyl (C=O) groups is 1. The van der Waals surface area contributed by atoms with Gasteiger partial charge in [-0.05, 0) is 48.7 Å². The summed E-state index contributed by atoms with van der Waals surface area (Å²) in [4.78, 5) is 11.8. The SMILES string of the molecule is COc1ccc(Cl)cc1S(=O)(=O)Nc1ccc(CC(=O)NC2CC2)cc1. The van der Waals surface area contributed by atoms with Crippen molar-refractivity contribution in [3.05, 3.63) is 53.1 Å². The molecule has 0 atom stereocenters. The zero-order chi connectivity index (χ0) is 18.7. The van der Waals surface area contributed by atoms with Crippen LogP contribution in [0.4, 0.5) is 5.69 Å². The van der Waals surface area contributed by atoms with Crippen LogP contribution in [0.3, 0.4) is 0 Å². The Hall–Kier alpha value is -2.25. The van der Waals surface area contributed by atoms with Crippen molar-refractivity contribution in [3.8, 4) is 5.75 Å². The minimum Gasteiger partial charge on any atom is -0.495 e. The Morgan fingerprint density at radius 1 is 1.19 bits per heavy atom. The highest BCUT2D eigenvalue weighted by Gasteiger charge is 2.23. The van der Waals surface area contributed by atoms with Gasteiger partial charge in [0.25, 0.3) is 10.0 Å². The summed E-state index contributed by atoms with van der Waals surface area (Å²) in [7, 11) is -2.47. The molecule has 2 aromatic rings. The lowest BCUT2D eigenvalue weighted by Gasteiger charge is -2.12. The molecule has 1 fully saturated rings. The highest BCUT2D eigenvalue weighted by atomic mass is 35.5. The molecule has 1 amide bonds. The van der Waals surface area contributed by atoms with E-state index in [0.29, 0.717) is 16.8 Å². The van der Waals surface area contributed by atoms with Crippen LogP contribution in [0.1, 0.15) is 18.4 Å². The molecule has 2 N–H and O–H groups in total. The molecule has 3 rings (SSSR count). The van der Waals surface area contributed by atoms with Crippen molar-refractivity contribution in [2.24, 2.45) is 0 Å². The highest BCUT2D eigenvalue weighted by Crippen LogP contribution is 2.28. The molecule has 6 nitrogen and oxygen atoms in total. The standard InChI is InChI=1S/C18H19ClN2O4S/c1-25-16-9-4-13(19)11-17(16)26(23,24)21-15-5-2-12(3-6-15)10-18(22)20-14-7-8-14/h2-6,9,11,14,21H,7-8,10H2,1H3,(H,20,22). The maximum Gasteiger partial charge on any atom is 0.265 e. The van der Waals surface area contributed by atoms with Crippen LogP contribution in [0.25, 0.3) is 0 Å². The van der Waals surface area contributed by atoms with E-state index in [2.05, 4.69) is 10.0 Å². The topological polar surface area (TPSA) is 84.5 Å². The number of carbonyl (C=O) groups excluding carboxylic acids is 1. The van der Waals surface area contributed by atoms with Crippen molar-refractivity contribution in [2.45, 2.75) is 30.2 Å². The van der Waals surface area contributed by atoms with Gasteiger partial charge in [0.2, 0.25) is 5.91 Å². The van der Waals surface area contributed by atoms with Crippen LogP contribution in [-0.4, -0.2) is 27.5 Å². The van der Waals surface area contributed by atoms with E-state index in [1.165, 1.54) is 19.2 Å². The Kier molecular flexibility index (Phi) is 5.38. The number of sulfonamides is 1. The Labute approximate surface area is 157 Å². The molecule has 0 aliphatic heterocycles. The summed E-state index contributed by atoms with van der Waals surface area (Å²) >= 11 is 5.91. The van der Waals surface area contributed by atoms with E-state index in [0.717, 1.165) is 18.4 Å². The second kappa shape index (κ2) is 7.55. The van der Waals surface area contributed by atoms with Gasteiger partial charge in [0.15, 0.2) is 0 Å². The lowest BCUT2D eigenvalue weighted by Crippen LogP contribution is -2.26. The van der Waals surface area contributed by atoms with Crippen LogP contribution < -0.4 is 14.8 Å². The van der Waals surface area contributed by atoms with Crippen molar-refractivity contribution >= 4 is 33.2 Å². The van der Waals surface area contributed by atoms with Crippen molar-refractivity contribution in [3.63, 3.8) is 0 Å². The predicted octanol–water partition coefficient (Wildman–Crippen LogP) is 2.97. The monoisotopic (exact) mass is 394 g/mol. The van der Waals surface area contributed by atoms with Crippen LogP contribution >= 0.6 is 11.6 Å². The van der Waals surface area contributed by atoms with Gasteiger partial charge in [0, 0.05) is 16.8 Å². The maximum absolute atomic E-state index is 12.6. The number of nitrogens with one attached hydrogen (secondary N) is 2. The van der Waals surface area contributed by atoms with Gasteiger partial charge in [-0.2, -0.15) is 0 Å². The molecule has 1 saturated carbocycles. The van der Waals surface area contributed by atoms with Crippen molar-refractivity contribution < 1.29 is 17.9 Å². The van der Waals surface area contributed by atoms with Crippen LogP contribution in [0.5, 0.6) is 5.75 Å². The first-order valence-corrected chi connectivity index (χ1v) is 9.98. The Balaban J connectivity index is 1.71. The minimum atomic E-state index is -3.86. The average Bonchev–Trinajstić information content (AvgIpc) is 3.40. The van der Waals surface area contributed by atoms with Gasteiger partial charge < -0.3 is 10.1 Å². The van der Waals surface area contributed by atoms with Gasteiger partial charge in [-0.3, -0.25) is 9.52 Å². The van der Waals surface area contributed by atoms with Gasteiger partial charge in [0.05, 0.1) is 13.5 Å². The first-order valence-electron chi connectivity index (χ1n) is 8.12. The smallest absolute Gasteiger partial charge is 0.265 e. The summed E-state index contributed by atoms with van der Waals surface area (Å²) in [6.45, 7) is 0. The van der Waals surface area contributed by atoms with Gasteiger partial charge >= 0.3 is 0 Å². The summed E-state index contributed by atoms with van der Waals surface area (Å²) in [5, 5.41) is 3.21. The summed E-state index contributed by atoms with van der Waals surface area (Å²) in [5.74, 6) is 0.180. The Bertz CT molecular complexity index is 909. The summed E-state index contributed by atoms with van der Waals surface area (Å²) in [5.41, 5.74) is 1.20. The van der Waals surface area contributed by atoms with E-state index < -0.39 is 10.0 Å². The quantitative estimate of drug-likeness (QED) is 0.756.